The molecule has 5 aromatic carbocycles. The first-order valence-electron chi connectivity index (χ1n) is 20.8. The second-order valence-electron chi connectivity index (χ2n) is 16.2. The third kappa shape index (κ3) is 7.72. The van der Waals surface area contributed by atoms with Crippen LogP contribution in [0.15, 0.2) is 152 Å². The molecular formula is C50H48N4O5S. The summed E-state index contributed by atoms with van der Waals surface area (Å²) >= 11 is 1.52. The lowest BCUT2D eigenvalue weighted by molar-refractivity contribution is -0.132. The van der Waals surface area contributed by atoms with E-state index in [9.17, 15) is 19.2 Å². The number of amides is 4. The standard InChI is InChI=1S/C50H48N4O5S/c55-46(51-28-47(56)54-29-42-33-24-25-34(26-33)43(42)30-54)27-52-48(57)45(53-49(58)59-31-44-40-22-12-10-20-38(40)39-21-11-13-23-41(39)44)32-60-50(35-14-4-1-5-15-35,36-16-6-2-7-17-36)37-18-8-3-9-19-37/h1-25,33-34,42-45H,26-32H2,(H,51,55)(H,52,57)(H,53,58)/t33-,34+,42-,43+,45-/m0/s1. The summed E-state index contributed by atoms with van der Waals surface area (Å²) in [6.07, 6.45) is 5.04. The number of likely N-dealkylation sites (tertiary alicyclic amines) is 1. The zero-order valence-electron chi connectivity index (χ0n) is 33.2. The Labute approximate surface area is 355 Å². The molecule has 0 spiro atoms. The first-order valence-corrected chi connectivity index (χ1v) is 21.8. The molecule has 0 radical (unpaired) electrons. The molecule has 9 nitrogen and oxygen atoms in total. The molecule has 2 bridgehead atoms. The molecule has 0 unspecified atom stereocenters. The minimum Gasteiger partial charge on any atom is -0.449 e. The fraction of sp³-hybridized carbons (Fsp3) is 0.280. The van der Waals surface area contributed by atoms with Crippen molar-refractivity contribution in [1.82, 2.24) is 20.9 Å². The molecule has 0 aromatic heterocycles. The van der Waals surface area contributed by atoms with E-state index in [1.165, 1.54) is 18.2 Å². The Morgan fingerprint density at radius 1 is 0.650 bits per heavy atom. The van der Waals surface area contributed by atoms with E-state index in [2.05, 4.69) is 88.8 Å². The number of alkyl carbamates (subject to hydrolysis) is 1. The predicted octanol–water partition coefficient (Wildman–Crippen LogP) is 7.13. The summed E-state index contributed by atoms with van der Waals surface area (Å²) in [5.74, 6) is 0.919. The average Bonchev–Trinajstić information content (AvgIpc) is 4.10. The van der Waals surface area contributed by atoms with Gasteiger partial charge in [0.1, 0.15) is 12.6 Å². The van der Waals surface area contributed by atoms with Crippen LogP contribution in [-0.4, -0.2) is 73.3 Å². The van der Waals surface area contributed by atoms with Crippen LogP contribution < -0.4 is 16.0 Å². The third-order valence-electron chi connectivity index (χ3n) is 12.8. The summed E-state index contributed by atoms with van der Waals surface area (Å²) in [6.45, 7) is 1.02. The highest BCUT2D eigenvalue weighted by Crippen LogP contribution is 2.52. The number of nitrogens with one attached hydrogen (secondary N) is 3. The van der Waals surface area contributed by atoms with Crippen molar-refractivity contribution < 1.29 is 23.9 Å². The maximum atomic E-state index is 14.2. The molecule has 1 saturated heterocycles. The molecule has 1 saturated carbocycles. The fourth-order valence-electron chi connectivity index (χ4n) is 9.94. The highest BCUT2D eigenvalue weighted by atomic mass is 32.2. The number of thioether (sulfide) groups is 1. The third-order valence-corrected chi connectivity index (χ3v) is 14.5. The molecule has 1 heterocycles. The Morgan fingerprint density at radius 2 is 1.15 bits per heavy atom. The van der Waals surface area contributed by atoms with E-state index in [0.29, 0.717) is 23.7 Å². The van der Waals surface area contributed by atoms with Gasteiger partial charge >= 0.3 is 6.09 Å². The van der Waals surface area contributed by atoms with Gasteiger partial charge in [0.2, 0.25) is 17.7 Å². The number of carbonyl (C=O) groups is 4. The van der Waals surface area contributed by atoms with E-state index >= 15 is 0 Å². The van der Waals surface area contributed by atoms with Crippen LogP contribution in [0.2, 0.25) is 0 Å². The lowest BCUT2D eigenvalue weighted by Crippen LogP contribution is -2.51. The quantitative estimate of drug-likeness (QED) is 0.0812. The van der Waals surface area contributed by atoms with Gasteiger partial charge in [-0.1, -0.05) is 152 Å². The Hall–Kier alpha value is -6.13. The maximum absolute atomic E-state index is 14.2. The number of rotatable bonds is 14. The van der Waals surface area contributed by atoms with Crippen LogP contribution in [0.1, 0.15) is 40.2 Å². The Kier molecular flexibility index (Phi) is 11.3. The van der Waals surface area contributed by atoms with Crippen molar-refractivity contribution in [1.29, 1.82) is 0 Å². The van der Waals surface area contributed by atoms with E-state index in [1.54, 1.807) is 0 Å². The molecule has 60 heavy (non-hydrogen) atoms. The number of carbonyl (C=O) groups excluding carboxylic acids is 4. The van der Waals surface area contributed by atoms with Crippen molar-refractivity contribution in [2.24, 2.45) is 23.7 Å². The molecule has 304 valence electrons. The van der Waals surface area contributed by atoms with Crippen molar-refractivity contribution in [2.75, 3.05) is 38.5 Å². The molecule has 1 aliphatic heterocycles. The second kappa shape index (κ2) is 17.2. The largest absolute Gasteiger partial charge is 0.449 e. The van der Waals surface area contributed by atoms with Crippen molar-refractivity contribution in [3.05, 3.63) is 179 Å². The number of benzene rings is 5. The van der Waals surface area contributed by atoms with E-state index < -0.39 is 28.7 Å². The molecule has 4 amide bonds. The van der Waals surface area contributed by atoms with Crippen LogP contribution in [0, 0.1) is 23.7 Å². The zero-order valence-corrected chi connectivity index (χ0v) is 34.1. The monoisotopic (exact) mass is 816 g/mol. The molecule has 2 fully saturated rings. The highest BCUT2D eigenvalue weighted by molar-refractivity contribution is 8.00. The van der Waals surface area contributed by atoms with Gasteiger partial charge in [0.25, 0.3) is 0 Å². The minimum atomic E-state index is -1.09. The van der Waals surface area contributed by atoms with Gasteiger partial charge in [-0.15, -0.1) is 11.8 Å². The molecule has 10 heteroatoms. The summed E-state index contributed by atoms with van der Waals surface area (Å²) in [4.78, 5) is 56.1. The van der Waals surface area contributed by atoms with Crippen LogP contribution in [-0.2, 0) is 23.9 Å². The molecule has 3 N–H and O–H groups in total. The highest BCUT2D eigenvalue weighted by Gasteiger charge is 2.50. The number of allylic oxidation sites excluding steroid dienone is 2. The lowest BCUT2D eigenvalue weighted by atomic mass is 9.84. The lowest BCUT2D eigenvalue weighted by Gasteiger charge is -2.36. The SMILES string of the molecule is O=C(CNC(=O)[C@H](CSC(c1ccccc1)(c1ccccc1)c1ccccc1)NC(=O)OCC1c2ccccc2-c2ccccc21)NCC(=O)N1C[C@@H]2[C@H](C1)[C@@H]1C=C[C@H]2C1. The van der Waals surface area contributed by atoms with Crippen LogP contribution in [0.3, 0.4) is 0 Å². The van der Waals surface area contributed by atoms with Gasteiger partial charge in [0.15, 0.2) is 0 Å². The van der Waals surface area contributed by atoms with Crippen molar-refractivity contribution >= 4 is 35.6 Å². The fourth-order valence-corrected chi connectivity index (χ4v) is 11.5. The van der Waals surface area contributed by atoms with E-state index in [0.717, 1.165) is 52.0 Å². The summed E-state index contributed by atoms with van der Waals surface area (Å²) < 4.78 is 5.15. The summed E-state index contributed by atoms with van der Waals surface area (Å²) in [6, 6.07) is 45.5. The van der Waals surface area contributed by atoms with E-state index in [-0.39, 0.29) is 37.3 Å². The van der Waals surface area contributed by atoms with Crippen LogP contribution in [0.4, 0.5) is 4.79 Å². The molecule has 4 aliphatic rings. The van der Waals surface area contributed by atoms with Gasteiger partial charge in [-0.25, -0.2) is 4.79 Å². The predicted molar refractivity (Wildman–Crippen MR) is 234 cm³/mol. The van der Waals surface area contributed by atoms with E-state index in [4.69, 9.17) is 4.74 Å². The number of hydrogen-bond donors (Lipinski definition) is 3. The van der Waals surface area contributed by atoms with Crippen LogP contribution >= 0.6 is 11.8 Å². The zero-order chi connectivity index (χ0) is 41.1. The van der Waals surface area contributed by atoms with Gasteiger partial charge in [-0.3, -0.25) is 14.4 Å². The smallest absolute Gasteiger partial charge is 0.407 e. The van der Waals surface area contributed by atoms with Crippen LogP contribution in [0.5, 0.6) is 0 Å². The summed E-state index contributed by atoms with van der Waals surface area (Å²) in [5, 5.41) is 8.32. The molecule has 9 rings (SSSR count). The number of ether oxygens (including phenoxy) is 1. The van der Waals surface area contributed by atoms with E-state index in [1.807, 2.05) is 83.8 Å². The summed E-state index contributed by atoms with van der Waals surface area (Å²) in [5.41, 5.74) is 7.39. The van der Waals surface area contributed by atoms with Crippen molar-refractivity contribution in [2.45, 2.75) is 23.1 Å². The Balaban J connectivity index is 0.912. The normalized spacial score (nSPS) is 20.2. The number of fused-ring (bicyclic) bond motifs is 8. The van der Waals surface area contributed by atoms with Gasteiger partial charge in [0.05, 0.1) is 17.8 Å². The minimum absolute atomic E-state index is 0.0795. The molecular weight excluding hydrogens is 769 g/mol. The molecule has 5 atom stereocenters. The molecule has 5 aromatic rings. The number of nitrogens with zero attached hydrogens (tertiary/aromatic N) is 1. The second-order valence-corrected chi connectivity index (χ2v) is 17.4. The number of hydrogen-bond acceptors (Lipinski definition) is 6. The van der Waals surface area contributed by atoms with Crippen molar-refractivity contribution in [3.63, 3.8) is 0 Å². The van der Waals surface area contributed by atoms with Gasteiger partial charge in [-0.2, -0.15) is 0 Å². The Morgan fingerprint density at radius 3 is 1.68 bits per heavy atom. The maximum Gasteiger partial charge on any atom is 0.407 e. The van der Waals surface area contributed by atoms with Gasteiger partial charge in [-0.05, 0) is 69.0 Å². The average molecular weight is 817 g/mol. The van der Waals surface area contributed by atoms with Gasteiger partial charge in [0, 0.05) is 24.8 Å². The Bertz CT molecular complexity index is 2230. The molecule has 3 aliphatic carbocycles. The first-order chi connectivity index (χ1) is 29.4. The van der Waals surface area contributed by atoms with Gasteiger partial charge < -0.3 is 25.6 Å². The van der Waals surface area contributed by atoms with Crippen LogP contribution in [0.25, 0.3) is 11.1 Å². The summed E-state index contributed by atoms with van der Waals surface area (Å²) in [7, 11) is 0. The topological polar surface area (TPSA) is 117 Å². The first kappa shape index (κ1) is 39.3. The van der Waals surface area contributed by atoms with Crippen molar-refractivity contribution in [3.8, 4) is 11.1 Å².